The summed E-state index contributed by atoms with van der Waals surface area (Å²) in [6.07, 6.45) is 0.690. The molecule has 0 radical (unpaired) electrons. The molecule has 0 heterocycles. The summed E-state index contributed by atoms with van der Waals surface area (Å²) < 4.78 is 27.5. The Labute approximate surface area is 156 Å². The Hall–Kier alpha value is -3.45. The summed E-state index contributed by atoms with van der Waals surface area (Å²) >= 11 is 0. The van der Waals surface area contributed by atoms with Crippen LogP contribution in [0.15, 0.2) is 83.8 Å². The molecule has 0 saturated carbocycles. The Morgan fingerprint density at radius 1 is 0.778 bits per heavy atom. The molecule has 0 atom stereocenters. The Kier molecular flexibility index (Phi) is 5.33. The van der Waals surface area contributed by atoms with Crippen molar-refractivity contribution in [2.24, 2.45) is 0 Å². The van der Waals surface area contributed by atoms with Crippen LogP contribution in [-0.2, 0) is 10.0 Å². The van der Waals surface area contributed by atoms with E-state index in [4.69, 9.17) is 0 Å². The van der Waals surface area contributed by atoms with Crippen LogP contribution in [0.1, 0.15) is 20.7 Å². The highest BCUT2D eigenvalue weighted by Crippen LogP contribution is 2.25. The van der Waals surface area contributed by atoms with Gasteiger partial charge in [-0.15, -0.1) is 0 Å². The number of para-hydroxylation sites is 2. The third-order valence-electron chi connectivity index (χ3n) is 3.78. The van der Waals surface area contributed by atoms with Crippen LogP contribution < -0.4 is 10.0 Å². The quantitative estimate of drug-likeness (QED) is 0.640. The van der Waals surface area contributed by atoms with Gasteiger partial charge in [0.15, 0.2) is 0 Å². The van der Waals surface area contributed by atoms with Gasteiger partial charge in [-0.05, 0) is 36.4 Å². The van der Waals surface area contributed by atoms with E-state index in [2.05, 4.69) is 10.0 Å². The topological polar surface area (TPSA) is 92.3 Å². The van der Waals surface area contributed by atoms with Gasteiger partial charge in [0.2, 0.25) is 0 Å². The van der Waals surface area contributed by atoms with Crippen LogP contribution in [0.5, 0.6) is 0 Å². The predicted octanol–water partition coefficient (Wildman–Crippen LogP) is 3.55. The molecular formula is C20H16N2O4S. The van der Waals surface area contributed by atoms with Gasteiger partial charge >= 0.3 is 0 Å². The highest BCUT2D eigenvalue weighted by molar-refractivity contribution is 7.92. The standard InChI is InChI=1S/C20H16N2O4S/c23-14-15-10-12-16(13-11-15)20(24)21-18-8-4-5-9-19(18)22-27(25,26)17-6-2-1-3-7-17/h1-14,22H,(H,21,24). The minimum atomic E-state index is -3.79. The number of amides is 1. The molecule has 0 aliphatic rings. The van der Waals surface area contributed by atoms with Crippen molar-refractivity contribution in [1.82, 2.24) is 0 Å². The Bertz CT molecular complexity index is 1060. The second-order valence-corrected chi connectivity index (χ2v) is 7.34. The number of anilines is 2. The summed E-state index contributed by atoms with van der Waals surface area (Å²) in [6.45, 7) is 0. The Morgan fingerprint density at radius 2 is 1.37 bits per heavy atom. The predicted molar refractivity (Wildman–Crippen MR) is 103 cm³/mol. The zero-order valence-electron chi connectivity index (χ0n) is 14.1. The molecule has 6 nitrogen and oxygen atoms in total. The fraction of sp³-hybridized carbons (Fsp3) is 0. The molecule has 0 fully saturated rings. The molecule has 136 valence electrons. The summed E-state index contributed by atoms with van der Waals surface area (Å²) in [4.78, 5) is 23.3. The van der Waals surface area contributed by atoms with Crippen molar-refractivity contribution in [2.75, 3.05) is 10.0 Å². The van der Waals surface area contributed by atoms with Crippen LogP contribution in [0, 0.1) is 0 Å². The van der Waals surface area contributed by atoms with Gasteiger partial charge in [0, 0.05) is 11.1 Å². The highest BCUT2D eigenvalue weighted by Gasteiger charge is 2.16. The van der Waals surface area contributed by atoms with Gasteiger partial charge in [-0.1, -0.05) is 42.5 Å². The molecule has 2 N–H and O–H groups in total. The average molecular weight is 380 g/mol. The summed E-state index contributed by atoms with van der Waals surface area (Å²) in [7, 11) is -3.79. The third-order valence-corrected chi connectivity index (χ3v) is 5.16. The van der Waals surface area contributed by atoms with E-state index in [1.165, 1.54) is 36.4 Å². The number of carbonyl (C=O) groups excluding carboxylic acids is 2. The van der Waals surface area contributed by atoms with Gasteiger partial charge in [-0.25, -0.2) is 8.42 Å². The van der Waals surface area contributed by atoms with Crippen LogP contribution in [0.4, 0.5) is 11.4 Å². The SMILES string of the molecule is O=Cc1ccc(C(=O)Nc2ccccc2NS(=O)(=O)c2ccccc2)cc1. The first-order chi connectivity index (χ1) is 13.0. The maximum Gasteiger partial charge on any atom is 0.261 e. The minimum absolute atomic E-state index is 0.121. The van der Waals surface area contributed by atoms with Crippen LogP contribution in [0.25, 0.3) is 0 Å². The van der Waals surface area contributed by atoms with Gasteiger partial charge in [-0.2, -0.15) is 0 Å². The summed E-state index contributed by atoms with van der Waals surface area (Å²) in [5.41, 5.74) is 1.38. The Morgan fingerprint density at radius 3 is 2.00 bits per heavy atom. The van der Waals surface area contributed by atoms with Gasteiger partial charge in [0.1, 0.15) is 6.29 Å². The van der Waals surface area contributed by atoms with Gasteiger partial charge < -0.3 is 5.32 Å². The van der Waals surface area contributed by atoms with E-state index < -0.39 is 15.9 Å². The molecule has 1 amide bonds. The lowest BCUT2D eigenvalue weighted by atomic mass is 10.1. The fourth-order valence-corrected chi connectivity index (χ4v) is 3.49. The molecule has 0 aromatic heterocycles. The number of rotatable bonds is 6. The molecule has 0 aliphatic heterocycles. The van der Waals surface area contributed by atoms with Crippen molar-refractivity contribution < 1.29 is 18.0 Å². The van der Waals surface area contributed by atoms with Crippen molar-refractivity contribution in [2.45, 2.75) is 4.90 Å². The first kappa shape index (κ1) is 18.3. The van der Waals surface area contributed by atoms with E-state index in [-0.39, 0.29) is 10.6 Å². The van der Waals surface area contributed by atoms with Crippen LogP contribution in [0.3, 0.4) is 0 Å². The number of sulfonamides is 1. The van der Waals surface area contributed by atoms with Crippen molar-refractivity contribution in [3.8, 4) is 0 Å². The first-order valence-electron chi connectivity index (χ1n) is 8.03. The van der Waals surface area contributed by atoms with Crippen molar-refractivity contribution in [3.05, 3.63) is 90.0 Å². The number of aldehydes is 1. The molecule has 3 aromatic carbocycles. The van der Waals surface area contributed by atoms with Crippen molar-refractivity contribution in [1.29, 1.82) is 0 Å². The van der Waals surface area contributed by atoms with E-state index in [0.717, 1.165) is 0 Å². The maximum atomic E-state index is 12.5. The first-order valence-corrected chi connectivity index (χ1v) is 9.51. The Balaban J connectivity index is 1.83. The van der Waals surface area contributed by atoms with E-state index >= 15 is 0 Å². The van der Waals surface area contributed by atoms with E-state index in [1.807, 2.05) is 0 Å². The van der Waals surface area contributed by atoms with E-state index in [0.29, 0.717) is 23.1 Å². The van der Waals surface area contributed by atoms with E-state index in [1.54, 1.807) is 42.5 Å². The maximum absolute atomic E-state index is 12.5. The number of hydrogen-bond acceptors (Lipinski definition) is 4. The lowest BCUT2D eigenvalue weighted by Crippen LogP contribution is -2.17. The molecule has 3 rings (SSSR count). The third kappa shape index (κ3) is 4.39. The second kappa shape index (κ2) is 7.84. The summed E-state index contributed by atoms with van der Waals surface area (Å²) in [6, 6.07) is 20.6. The molecule has 0 spiro atoms. The number of carbonyl (C=O) groups is 2. The molecule has 0 unspecified atom stereocenters. The van der Waals surface area contributed by atoms with Crippen LogP contribution >= 0.6 is 0 Å². The molecule has 7 heteroatoms. The number of benzene rings is 3. The fourth-order valence-electron chi connectivity index (χ4n) is 2.39. The normalized spacial score (nSPS) is 10.8. The van der Waals surface area contributed by atoms with Crippen molar-refractivity contribution in [3.63, 3.8) is 0 Å². The van der Waals surface area contributed by atoms with Gasteiger partial charge in [0.25, 0.3) is 15.9 Å². The zero-order chi connectivity index (χ0) is 19.3. The molecule has 0 bridgehead atoms. The van der Waals surface area contributed by atoms with E-state index in [9.17, 15) is 18.0 Å². The lowest BCUT2D eigenvalue weighted by molar-refractivity contribution is 0.102. The lowest BCUT2D eigenvalue weighted by Gasteiger charge is -2.13. The largest absolute Gasteiger partial charge is 0.320 e. The van der Waals surface area contributed by atoms with Crippen LogP contribution in [0.2, 0.25) is 0 Å². The molecule has 27 heavy (non-hydrogen) atoms. The number of hydrogen-bond donors (Lipinski definition) is 2. The minimum Gasteiger partial charge on any atom is -0.320 e. The summed E-state index contributed by atoms with van der Waals surface area (Å²) in [5, 5.41) is 2.68. The number of nitrogens with one attached hydrogen (secondary N) is 2. The molecule has 0 saturated heterocycles. The van der Waals surface area contributed by atoms with Crippen molar-refractivity contribution >= 4 is 33.6 Å². The molecule has 3 aromatic rings. The molecular weight excluding hydrogens is 364 g/mol. The molecule has 0 aliphatic carbocycles. The summed E-state index contributed by atoms with van der Waals surface area (Å²) in [5.74, 6) is -0.418. The highest BCUT2D eigenvalue weighted by atomic mass is 32.2. The second-order valence-electron chi connectivity index (χ2n) is 5.66. The monoisotopic (exact) mass is 380 g/mol. The van der Waals surface area contributed by atoms with Gasteiger partial charge in [0.05, 0.1) is 16.3 Å². The average Bonchev–Trinajstić information content (AvgIpc) is 2.70. The smallest absolute Gasteiger partial charge is 0.261 e. The van der Waals surface area contributed by atoms with Crippen LogP contribution in [-0.4, -0.2) is 20.6 Å². The van der Waals surface area contributed by atoms with Gasteiger partial charge in [-0.3, -0.25) is 14.3 Å². The zero-order valence-corrected chi connectivity index (χ0v) is 14.9.